The molecule has 1 rings (SSSR count). The molecule has 16 heavy (non-hydrogen) atoms. The minimum Gasteiger partial charge on any atom is -0.383 e. The van der Waals surface area contributed by atoms with Crippen molar-refractivity contribution in [1.82, 2.24) is 9.97 Å². The van der Waals surface area contributed by atoms with E-state index in [1.54, 1.807) is 0 Å². The molecule has 1 aromatic heterocycles. The Bertz CT molecular complexity index is 334. The third-order valence-electron chi connectivity index (χ3n) is 2.51. The molecule has 0 saturated carbocycles. The molecule has 0 saturated heterocycles. The number of hydrogen-bond acceptors (Lipinski definition) is 4. The Hall–Kier alpha value is -1.32. The van der Waals surface area contributed by atoms with E-state index in [1.807, 2.05) is 0 Å². The van der Waals surface area contributed by atoms with Crippen molar-refractivity contribution in [2.24, 2.45) is 5.92 Å². The molecule has 0 aliphatic rings. The molecule has 0 bridgehead atoms. The summed E-state index contributed by atoms with van der Waals surface area (Å²) in [5.41, 5.74) is 6.88. The van der Waals surface area contributed by atoms with E-state index in [1.165, 1.54) is 6.33 Å². The van der Waals surface area contributed by atoms with Gasteiger partial charge in [0.2, 0.25) is 0 Å². The van der Waals surface area contributed by atoms with Crippen molar-refractivity contribution in [1.29, 1.82) is 0 Å². The summed E-state index contributed by atoms with van der Waals surface area (Å²) in [4.78, 5) is 8.29. The van der Waals surface area contributed by atoms with Gasteiger partial charge in [-0.05, 0) is 18.3 Å². The van der Waals surface area contributed by atoms with Gasteiger partial charge in [-0.3, -0.25) is 0 Å². The highest BCUT2D eigenvalue weighted by Gasteiger charge is 2.12. The van der Waals surface area contributed by atoms with E-state index in [2.05, 4.69) is 43.0 Å². The van der Waals surface area contributed by atoms with Crippen molar-refractivity contribution >= 4 is 11.6 Å². The Labute approximate surface area is 97.7 Å². The maximum Gasteiger partial charge on any atom is 0.134 e. The predicted octanol–water partition coefficient (Wildman–Crippen LogP) is 2.64. The lowest BCUT2D eigenvalue weighted by molar-refractivity contribution is 0.606. The van der Waals surface area contributed by atoms with Crippen LogP contribution >= 0.6 is 0 Å². The summed E-state index contributed by atoms with van der Waals surface area (Å²) in [6.45, 7) is 9.54. The average molecular weight is 222 g/mol. The largest absolute Gasteiger partial charge is 0.383 e. The molecule has 1 aromatic rings. The Morgan fingerprint density at radius 2 is 1.94 bits per heavy atom. The van der Waals surface area contributed by atoms with Crippen molar-refractivity contribution in [3.63, 3.8) is 0 Å². The molecule has 4 heteroatoms. The van der Waals surface area contributed by atoms with Crippen LogP contribution < -0.4 is 11.1 Å². The summed E-state index contributed by atoms with van der Waals surface area (Å²) in [5, 5.41) is 3.34. The second-order valence-corrected chi connectivity index (χ2v) is 4.79. The third kappa shape index (κ3) is 3.36. The minimum absolute atomic E-state index is 0.336. The molecule has 0 aliphatic carbocycles. The van der Waals surface area contributed by atoms with Gasteiger partial charge in [-0.25, -0.2) is 9.97 Å². The van der Waals surface area contributed by atoms with Gasteiger partial charge in [0, 0.05) is 12.1 Å². The topological polar surface area (TPSA) is 63.8 Å². The number of hydrogen-bond donors (Lipinski definition) is 2. The van der Waals surface area contributed by atoms with E-state index in [0.717, 1.165) is 24.3 Å². The van der Waals surface area contributed by atoms with E-state index >= 15 is 0 Å². The van der Waals surface area contributed by atoms with Gasteiger partial charge in [-0.1, -0.05) is 27.7 Å². The maximum absolute atomic E-state index is 5.86. The zero-order valence-electron chi connectivity index (χ0n) is 10.6. The SMILES string of the molecule is CC(C)CCNc1ncnc(N)c1C(C)C. The minimum atomic E-state index is 0.336. The fourth-order valence-corrected chi connectivity index (χ4v) is 1.60. The zero-order valence-corrected chi connectivity index (χ0v) is 10.6. The maximum atomic E-state index is 5.86. The second kappa shape index (κ2) is 5.68. The first-order chi connectivity index (χ1) is 7.52. The van der Waals surface area contributed by atoms with Gasteiger partial charge in [0.25, 0.3) is 0 Å². The Kier molecular flexibility index (Phi) is 4.52. The van der Waals surface area contributed by atoms with E-state index in [9.17, 15) is 0 Å². The molecular formula is C12H22N4. The smallest absolute Gasteiger partial charge is 0.134 e. The van der Waals surface area contributed by atoms with Crippen molar-refractivity contribution < 1.29 is 0 Å². The lowest BCUT2D eigenvalue weighted by Crippen LogP contribution is -2.11. The van der Waals surface area contributed by atoms with Gasteiger partial charge >= 0.3 is 0 Å². The highest BCUT2D eigenvalue weighted by Crippen LogP contribution is 2.26. The molecule has 0 amide bonds. The summed E-state index contributed by atoms with van der Waals surface area (Å²) in [6.07, 6.45) is 2.64. The first-order valence-corrected chi connectivity index (χ1v) is 5.86. The normalized spacial score (nSPS) is 11.1. The van der Waals surface area contributed by atoms with Crippen LogP contribution in [-0.2, 0) is 0 Å². The van der Waals surface area contributed by atoms with Crippen molar-refractivity contribution in [3.05, 3.63) is 11.9 Å². The van der Waals surface area contributed by atoms with Crippen LogP contribution in [0.4, 0.5) is 11.6 Å². The second-order valence-electron chi connectivity index (χ2n) is 4.79. The van der Waals surface area contributed by atoms with Crippen LogP contribution in [0.1, 0.15) is 45.6 Å². The number of nitrogens with two attached hydrogens (primary N) is 1. The molecule has 90 valence electrons. The quantitative estimate of drug-likeness (QED) is 0.804. The van der Waals surface area contributed by atoms with Gasteiger partial charge in [-0.2, -0.15) is 0 Å². The van der Waals surface area contributed by atoms with Gasteiger partial charge in [0.05, 0.1) is 0 Å². The fraction of sp³-hybridized carbons (Fsp3) is 0.667. The first kappa shape index (κ1) is 12.7. The first-order valence-electron chi connectivity index (χ1n) is 5.86. The number of nitrogens with zero attached hydrogens (tertiary/aromatic N) is 2. The van der Waals surface area contributed by atoms with Crippen LogP contribution in [-0.4, -0.2) is 16.5 Å². The molecule has 0 aromatic carbocycles. The van der Waals surface area contributed by atoms with Crippen molar-refractivity contribution in [2.45, 2.75) is 40.0 Å². The van der Waals surface area contributed by atoms with E-state index < -0.39 is 0 Å². The summed E-state index contributed by atoms with van der Waals surface area (Å²) >= 11 is 0. The van der Waals surface area contributed by atoms with Gasteiger partial charge in [0.1, 0.15) is 18.0 Å². The Morgan fingerprint density at radius 3 is 2.50 bits per heavy atom. The highest BCUT2D eigenvalue weighted by molar-refractivity contribution is 5.56. The zero-order chi connectivity index (χ0) is 12.1. The van der Waals surface area contributed by atoms with Crippen molar-refractivity contribution in [3.8, 4) is 0 Å². The van der Waals surface area contributed by atoms with Gasteiger partial charge in [0.15, 0.2) is 0 Å². The number of anilines is 2. The van der Waals surface area contributed by atoms with Crippen LogP contribution in [0.15, 0.2) is 6.33 Å². The third-order valence-corrected chi connectivity index (χ3v) is 2.51. The fourth-order valence-electron chi connectivity index (χ4n) is 1.60. The lowest BCUT2D eigenvalue weighted by atomic mass is 10.0. The molecule has 0 atom stereocenters. The number of aromatic nitrogens is 2. The van der Waals surface area contributed by atoms with Crippen LogP contribution in [0.2, 0.25) is 0 Å². The van der Waals surface area contributed by atoms with Gasteiger partial charge < -0.3 is 11.1 Å². The molecule has 0 spiro atoms. The number of nitrogen functional groups attached to an aromatic ring is 1. The molecule has 3 N–H and O–H groups in total. The van der Waals surface area contributed by atoms with E-state index in [4.69, 9.17) is 5.73 Å². The summed E-state index contributed by atoms with van der Waals surface area (Å²) in [7, 11) is 0. The Balaban J connectivity index is 2.75. The standard InChI is InChI=1S/C12H22N4/c1-8(2)5-6-14-12-10(9(3)4)11(13)15-7-16-12/h7-9H,5-6H2,1-4H3,(H3,13,14,15,16). The molecular weight excluding hydrogens is 200 g/mol. The average Bonchev–Trinajstić information content (AvgIpc) is 2.16. The summed E-state index contributed by atoms with van der Waals surface area (Å²) in [6, 6.07) is 0. The number of rotatable bonds is 5. The highest BCUT2D eigenvalue weighted by atomic mass is 15.0. The summed E-state index contributed by atoms with van der Waals surface area (Å²) < 4.78 is 0. The van der Waals surface area contributed by atoms with Crippen LogP contribution in [0.3, 0.4) is 0 Å². The molecule has 0 fully saturated rings. The van der Waals surface area contributed by atoms with Gasteiger partial charge in [-0.15, -0.1) is 0 Å². The van der Waals surface area contributed by atoms with Crippen LogP contribution in [0.25, 0.3) is 0 Å². The molecule has 1 heterocycles. The molecule has 0 radical (unpaired) electrons. The summed E-state index contributed by atoms with van der Waals surface area (Å²) in [5.74, 6) is 2.48. The molecule has 0 unspecified atom stereocenters. The van der Waals surface area contributed by atoms with Crippen LogP contribution in [0.5, 0.6) is 0 Å². The lowest BCUT2D eigenvalue weighted by Gasteiger charge is -2.15. The van der Waals surface area contributed by atoms with E-state index in [-0.39, 0.29) is 0 Å². The molecule has 4 nitrogen and oxygen atoms in total. The van der Waals surface area contributed by atoms with E-state index in [0.29, 0.717) is 17.7 Å². The van der Waals surface area contributed by atoms with Crippen molar-refractivity contribution in [2.75, 3.05) is 17.6 Å². The Morgan fingerprint density at radius 1 is 1.25 bits per heavy atom. The predicted molar refractivity (Wildman–Crippen MR) is 68.5 cm³/mol. The monoisotopic (exact) mass is 222 g/mol. The molecule has 0 aliphatic heterocycles. The van der Waals surface area contributed by atoms with Crippen LogP contribution in [0, 0.1) is 5.92 Å². The number of nitrogens with one attached hydrogen (secondary N) is 1.